The van der Waals surface area contributed by atoms with Crippen molar-refractivity contribution in [3.05, 3.63) is 41.7 Å². The molecule has 1 aromatic heterocycles. The largest absolute Gasteiger partial charge is 0.488 e. The highest BCUT2D eigenvalue weighted by Crippen LogP contribution is 2.30. The molecule has 152 valence electrons. The number of nitrogens with two attached hydrogens (primary N) is 1. The van der Waals surface area contributed by atoms with Gasteiger partial charge in [0.2, 0.25) is 10.0 Å². The molecule has 1 amide bonds. The minimum absolute atomic E-state index is 0.00525. The van der Waals surface area contributed by atoms with E-state index in [0.717, 1.165) is 31.5 Å². The zero-order valence-corrected chi connectivity index (χ0v) is 15.9. The van der Waals surface area contributed by atoms with Crippen LogP contribution in [0.25, 0.3) is 0 Å². The number of carbonyl (C=O) groups excluding carboxylic acids is 1. The van der Waals surface area contributed by atoms with E-state index in [-0.39, 0.29) is 34.7 Å². The van der Waals surface area contributed by atoms with E-state index in [1.807, 2.05) is 0 Å². The number of sulfonamides is 1. The van der Waals surface area contributed by atoms with Gasteiger partial charge in [-0.1, -0.05) is 0 Å². The van der Waals surface area contributed by atoms with Crippen LogP contribution in [0, 0.1) is 11.6 Å². The van der Waals surface area contributed by atoms with E-state index in [1.54, 1.807) is 0 Å². The monoisotopic (exact) mass is 414 g/mol. The van der Waals surface area contributed by atoms with Crippen molar-refractivity contribution in [1.29, 1.82) is 0 Å². The molecular formula is C17H20F2N4O4S. The van der Waals surface area contributed by atoms with Crippen molar-refractivity contribution >= 4 is 21.6 Å². The van der Waals surface area contributed by atoms with E-state index < -0.39 is 27.6 Å². The molecule has 0 bridgehead atoms. The van der Waals surface area contributed by atoms with Crippen LogP contribution in [0.5, 0.6) is 5.75 Å². The molecule has 28 heavy (non-hydrogen) atoms. The van der Waals surface area contributed by atoms with Crippen LogP contribution in [0.15, 0.2) is 29.3 Å². The maximum Gasteiger partial charge on any atom is 0.276 e. The molecule has 2 heterocycles. The van der Waals surface area contributed by atoms with E-state index >= 15 is 0 Å². The number of carbonyl (C=O) groups is 1. The van der Waals surface area contributed by atoms with Gasteiger partial charge in [0, 0.05) is 31.0 Å². The van der Waals surface area contributed by atoms with E-state index in [1.165, 1.54) is 23.9 Å². The second kappa shape index (κ2) is 7.86. The molecule has 8 nitrogen and oxygen atoms in total. The van der Waals surface area contributed by atoms with Crippen LogP contribution in [0.1, 0.15) is 23.3 Å². The van der Waals surface area contributed by atoms with Gasteiger partial charge in [0.1, 0.15) is 11.5 Å². The van der Waals surface area contributed by atoms with Crippen LogP contribution in [0.4, 0.5) is 14.5 Å². The number of amides is 1. The normalized spacial score (nSPS) is 16.9. The molecule has 4 N–H and O–H groups in total. The van der Waals surface area contributed by atoms with Crippen molar-refractivity contribution in [3.63, 3.8) is 0 Å². The number of nitrogens with one attached hydrogen (secondary N) is 2. The Balaban J connectivity index is 1.92. The summed E-state index contributed by atoms with van der Waals surface area (Å²) >= 11 is 0. The fourth-order valence-electron chi connectivity index (χ4n) is 3.03. The summed E-state index contributed by atoms with van der Waals surface area (Å²) in [6, 6.07) is 2.90. The van der Waals surface area contributed by atoms with Crippen molar-refractivity contribution in [2.24, 2.45) is 12.2 Å². The van der Waals surface area contributed by atoms with Crippen LogP contribution in [-0.2, 0) is 17.1 Å². The van der Waals surface area contributed by atoms with E-state index in [0.29, 0.717) is 0 Å². The predicted octanol–water partition coefficient (Wildman–Crippen LogP) is 1.33. The van der Waals surface area contributed by atoms with Gasteiger partial charge in [0.05, 0.1) is 0 Å². The summed E-state index contributed by atoms with van der Waals surface area (Å²) in [5, 5.41) is 10.9. The van der Waals surface area contributed by atoms with E-state index in [4.69, 9.17) is 9.88 Å². The van der Waals surface area contributed by atoms with Crippen LogP contribution >= 0.6 is 0 Å². The lowest BCUT2D eigenvalue weighted by atomic mass is 10.2. The smallest absolute Gasteiger partial charge is 0.276 e. The molecule has 3 rings (SSSR count). The zero-order chi connectivity index (χ0) is 20.5. The Morgan fingerprint density at radius 3 is 2.75 bits per heavy atom. The highest BCUT2D eigenvalue weighted by molar-refractivity contribution is 7.89. The Kier molecular flexibility index (Phi) is 5.68. The number of hydrogen-bond acceptors (Lipinski definition) is 5. The molecule has 1 aliphatic heterocycles. The number of rotatable bonds is 6. The SMILES string of the molecule is Cn1cc(S(N)(=O)=O)c(OC[C@@H]2CCCN2)c1C(=O)Nc1ccc(F)c(F)c1. The highest BCUT2D eigenvalue weighted by atomic mass is 32.2. The Morgan fingerprint density at radius 2 is 2.14 bits per heavy atom. The van der Waals surface area contributed by atoms with Gasteiger partial charge in [-0.25, -0.2) is 22.3 Å². The third-order valence-electron chi connectivity index (χ3n) is 4.39. The van der Waals surface area contributed by atoms with Crippen LogP contribution in [0.3, 0.4) is 0 Å². The molecule has 0 spiro atoms. The molecular weight excluding hydrogens is 394 g/mol. The molecule has 1 fully saturated rings. The lowest BCUT2D eigenvalue weighted by Gasteiger charge is -2.14. The van der Waals surface area contributed by atoms with E-state index in [2.05, 4.69) is 10.6 Å². The van der Waals surface area contributed by atoms with Crippen molar-refractivity contribution in [2.75, 3.05) is 18.5 Å². The van der Waals surface area contributed by atoms with Gasteiger partial charge < -0.3 is 19.9 Å². The summed E-state index contributed by atoms with van der Waals surface area (Å²) in [5.41, 5.74) is -0.0996. The molecule has 1 aliphatic rings. The summed E-state index contributed by atoms with van der Waals surface area (Å²) in [6.45, 7) is 0.978. The number of aromatic nitrogens is 1. The Labute approximate surface area is 160 Å². The van der Waals surface area contributed by atoms with E-state index in [9.17, 15) is 22.0 Å². The maximum atomic E-state index is 13.4. The fourth-order valence-corrected chi connectivity index (χ4v) is 3.75. The Hall–Kier alpha value is -2.50. The lowest BCUT2D eigenvalue weighted by Crippen LogP contribution is -2.29. The first-order chi connectivity index (χ1) is 13.2. The number of halogens is 2. The second-order valence-electron chi connectivity index (χ2n) is 6.51. The number of nitrogens with zero attached hydrogens (tertiary/aromatic N) is 1. The molecule has 0 radical (unpaired) electrons. The van der Waals surface area contributed by atoms with Gasteiger partial charge in [-0.15, -0.1) is 0 Å². The van der Waals surface area contributed by atoms with Gasteiger partial charge in [-0.2, -0.15) is 0 Å². The fraction of sp³-hybridized carbons (Fsp3) is 0.353. The number of ether oxygens (including phenoxy) is 1. The Morgan fingerprint density at radius 1 is 1.39 bits per heavy atom. The molecule has 2 aromatic rings. The maximum absolute atomic E-state index is 13.4. The van der Waals surface area contributed by atoms with Gasteiger partial charge in [-0.3, -0.25) is 4.79 Å². The van der Waals surface area contributed by atoms with Gasteiger partial charge in [0.15, 0.2) is 23.1 Å². The molecule has 1 aromatic carbocycles. The number of benzene rings is 1. The van der Waals surface area contributed by atoms with Gasteiger partial charge in [0.25, 0.3) is 5.91 Å². The summed E-state index contributed by atoms with van der Waals surface area (Å²) in [5.74, 6) is -3.11. The molecule has 1 atom stereocenters. The summed E-state index contributed by atoms with van der Waals surface area (Å²) in [7, 11) is -2.70. The third kappa shape index (κ3) is 4.32. The van der Waals surface area contributed by atoms with Crippen molar-refractivity contribution in [2.45, 2.75) is 23.8 Å². The van der Waals surface area contributed by atoms with Gasteiger partial charge >= 0.3 is 0 Å². The summed E-state index contributed by atoms with van der Waals surface area (Å²) in [4.78, 5) is 12.4. The molecule has 1 saturated heterocycles. The average Bonchev–Trinajstić information content (AvgIpc) is 3.23. The first-order valence-corrected chi connectivity index (χ1v) is 10.1. The zero-order valence-electron chi connectivity index (χ0n) is 15.0. The quantitative estimate of drug-likeness (QED) is 0.660. The number of anilines is 1. The topological polar surface area (TPSA) is 115 Å². The molecule has 11 heteroatoms. The van der Waals surface area contributed by atoms with Crippen LogP contribution in [-0.4, -0.2) is 38.1 Å². The first kappa shape index (κ1) is 20.2. The van der Waals surface area contributed by atoms with Gasteiger partial charge in [-0.05, 0) is 31.5 Å². The second-order valence-corrected chi connectivity index (χ2v) is 8.04. The van der Waals surface area contributed by atoms with Crippen molar-refractivity contribution in [3.8, 4) is 5.75 Å². The number of aryl methyl sites for hydroxylation is 1. The van der Waals surface area contributed by atoms with Crippen molar-refractivity contribution < 1.29 is 26.7 Å². The Bertz CT molecular complexity index is 1000. The minimum atomic E-state index is -4.16. The molecule has 0 aliphatic carbocycles. The predicted molar refractivity (Wildman–Crippen MR) is 97.6 cm³/mol. The number of primary sulfonamides is 1. The molecule has 0 unspecified atom stereocenters. The molecule has 0 saturated carbocycles. The van der Waals surface area contributed by atoms with Crippen LogP contribution in [0.2, 0.25) is 0 Å². The third-order valence-corrected chi connectivity index (χ3v) is 5.30. The van der Waals surface area contributed by atoms with Crippen LogP contribution < -0.4 is 20.5 Å². The highest BCUT2D eigenvalue weighted by Gasteiger charge is 2.29. The lowest BCUT2D eigenvalue weighted by molar-refractivity contribution is 0.101. The number of hydrogen-bond donors (Lipinski definition) is 3. The minimum Gasteiger partial charge on any atom is -0.488 e. The summed E-state index contributed by atoms with van der Waals surface area (Å²) < 4.78 is 57.2. The average molecular weight is 414 g/mol. The first-order valence-electron chi connectivity index (χ1n) is 8.51. The standard InChI is InChI=1S/C17H20F2N4O4S/c1-23-8-14(28(20,25)26)16(27-9-11-3-2-6-21-11)15(23)17(24)22-10-4-5-12(18)13(19)7-10/h4-5,7-8,11,21H,2-3,6,9H2,1H3,(H,22,24)(H2,20,25,26)/t11-/m0/s1. The summed E-state index contributed by atoms with van der Waals surface area (Å²) in [6.07, 6.45) is 3.00. The van der Waals surface area contributed by atoms with Crippen molar-refractivity contribution in [1.82, 2.24) is 9.88 Å².